The molecule has 0 fully saturated rings. The number of rotatable bonds is 10. The molecule has 0 spiro atoms. The van der Waals surface area contributed by atoms with Crippen molar-refractivity contribution in [2.45, 2.75) is 32.7 Å². The Kier molecular flexibility index (Phi) is 8.02. The van der Waals surface area contributed by atoms with Crippen LogP contribution >= 0.6 is 0 Å². The van der Waals surface area contributed by atoms with E-state index in [1.54, 1.807) is 0 Å². The summed E-state index contributed by atoms with van der Waals surface area (Å²) in [6.45, 7) is 6.36. The maximum atomic E-state index is 9.23. The highest BCUT2D eigenvalue weighted by Crippen LogP contribution is 2.19. The lowest BCUT2D eigenvalue weighted by atomic mass is 10.2. The Bertz CT molecular complexity index is 344. The average molecular weight is 267 g/mol. The van der Waals surface area contributed by atoms with Crippen LogP contribution in [0.15, 0.2) is 24.3 Å². The van der Waals surface area contributed by atoms with Crippen LogP contribution in [0.1, 0.15) is 26.7 Å². The van der Waals surface area contributed by atoms with Crippen LogP contribution in [0.3, 0.4) is 0 Å². The Labute approximate surface area is 115 Å². The van der Waals surface area contributed by atoms with Crippen molar-refractivity contribution in [1.82, 2.24) is 5.32 Å². The van der Waals surface area contributed by atoms with Gasteiger partial charge in [0, 0.05) is 12.1 Å². The van der Waals surface area contributed by atoms with E-state index in [0.29, 0.717) is 13.2 Å². The quantitative estimate of drug-likeness (QED) is 0.682. The van der Waals surface area contributed by atoms with Gasteiger partial charge in [0.05, 0.1) is 19.8 Å². The Morgan fingerprint density at radius 2 is 1.95 bits per heavy atom. The number of hydrogen-bond acceptors (Lipinski definition) is 4. The van der Waals surface area contributed by atoms with Crippen molar-refractivity contribution < 1.29 is 14.6 Å². The summed E-state index contributed by atoms with van der Waals surface area (Å²) >= 11 is 0. The number of hydrogen-bond donors (Lipinski definition) is 2. The summed E-state index contributed by atoms with van der Waals surface area (Å²) < 4.78 is 11.1. The molecule has 0 saturated heterocycles. The molecule has 1 unspecified atom stereocenters. The van der Waals surface area contributed by atoms with E-state index < -0.39 is 0 Å². The van der Waals surface area contributed by atoms with Crippen LogP contribution in [-0.2, 0) is 0 Å². The molecular weight excluding hydrogens is 242 g/mol. The Balaban J connectivity index is 2.33. The lowest BCUT2D eigenvalue weighted by molar-refractivity contribution is 0.208. The number of aliphatic hydroxyl groups excluding tert-OH is 1. The van der Waals surface area contributed by atoms with Crippen LogP contribution in [0.2, 0.25) is 0 Å². The molecule has 1 atom stereocenters. The molecular formula is C15H25NO3. The zero-order valence-electron chi connectivity index (χ0n) is 11.9. The fraction of sp³-hybridized carbons (Fsp3) is 0.600. The summed E-state index contributed by atoms with van der Waals surface area (Å²) in [6, 6.07) is 7.73. The van der Waals surface area contributed by atoms with Gasteiger partial charge in [-0.2, -0.15) is 0 Å². The molecule has 0 bridgehead atoms. The zero-order chi connectivity index (χ0) is 13.9. The van der Waals surface area contributed by atoms with Crippen LogP contribution < -0.4 is 14.8 Å². The topological polar surface area (TPSA) is 50.7 Å². The van der Waals surface area contributed by atoms with E-state index >= 15 is 0 Å². The number of benzene rings is 1. The molecule has 4 heteroatoms. The first kappa shape index (κ1) is 15.8. The van der Waals surface area contributed by atoms with Crippen molar-refractivity contribution in [3.05, 3.63) is 24.3 Å². The molecule has 1 aromatic carbocycles. The molecule has 108 valence electrons. The minimum absolute atomic E-state index is 0.107. The molecule has 0 aliphatic heterocycles. The van der Waals surface area contributed by atoms with E-state index in [1.807, 2.05) is 31.2 Å². The fourth-order valence-electron chi connectivity index (χ4n) is 1.75. The van der Waals surface area contributed by atoms with Crippen LogP contribution in [0.25, 0.3) is 0 Å². The van der Waals surface area contributed by atoms with Gasteiger partial charge < -0.3 is 19.9 Å². The predicted octanol–water partition coefficient (Wildman–Crippen LogP) is 2.21. The number of aliphatic hydroxyl groups is 1. The smallest absolute Gasteiger partial charge is 0.122 e. The van der Waals surface area contributed by atoms with Crippen molar-refractivity contribution in [1.29, 1.82) is 0 Å². The van der Waals surface area contributed by atoms with Gasteiger partial charge in [-0.15, -0.1) is 0 Å². The Hall–Kier alpha value is -1.26. The van der Waals surface area contributed by atoms with Crippen molar-refractivity contribution in [2.75, 3.05) is 26.4 Å². The van der Waals surface area contributed by atoms with Crippen molar-refractivity contribution in [3.63, 3.8) is 0 Å². The molecule has 0 saturated carbocycles. The van der Waals surface area contributed by atoms with E-state index in [9.17, 15) is 5.11 Å². The van der Waals surface area contributed by atoms with E-state index in [0.717, 1.165) is 30.9 Å². The monoisotopic (exact) mass is 267 g/mol. The first-order valence-corrected chi connectivity index (χ1v) is 7.00. The fourth-order valence-corrected chi connectivity index (χ4v) is 1.75. The maximum absolute atomic E-state index is 9.23. The third kappa shape index (κ3) is 6.45. The van der Waals surface area contributed by atoms with Crippen molar-refractivity contribution in [3.8, 4) is 11.5 Å². The highest BCUT2D eigenvalue weighted by atomic mass is 16.5. The second-order valence-corrected chi connectivity index (χ2v) is 4.38. The van der Waals surface area contributed by atoms with Gasteiger partial charge in [-0.05, 0) is 38.4 Å². The molecule has 0 aromatic heterocycles. The van der Waals surface area contributed by atoms with Crippen LogP contribution in [0, 0.1) is 0 Å². The second kappa shape index (κ2) is 9.64. The number of ether oxygens (including phenoxy) is 2. The first-order valence-electron chi connectivity index (χ1n) is 7.00. The van der Waals surface area contributed by atoms with Gasteiger partial charge in [-0.25, -0.2) is 0 Å². The van der Waals surface area contributed by atoms with Gasteiger partial charge in [-0.1, -0.05) is 13.0 Å². The minimum atomic E-state index is 0.107. The largest absolute Gasteiger partial charge is 0.494 e. The van der Waals surface area contributed by atoms with E-state index in [2.05, 4.69) is 12.2 Å². The van der Waals surface area contributed by atoms with Gasteiger partial charge in [-0.3, -0.25) is 0 Å². The molecule has 2 N–H and O–H groups in total. The maximum Gasteiger partial charge on any atom is 0.122 e. The molecule has 1 aromatic rings. The summed E-state index contributed by atoms with van der Waals surface area (Å²) in [5.74, 6) is 1.63. The third-order valence-corrected chi connectivity index (χ3v) is 2.75. The normalized spacial score (nSPS) is 12.2. The summed E-state index contributed by atoms with van der Waals surface area (Å²) in [5.41, 5.74) is 0. The molecule has 0 amide bonds. The summed E-state index contributed by atoms with van der Waals surface area (Å²) in [7, 11) is 0. The van der Waals surface area contributed by atoms with Gasteiger partial charge in [0.1, 0.15) is 11.5 Å². The summed E-state index contributed by atoms with van der Waals surface area (Å²) in [5, 5.41) is 12.5. The predicted molar refractivity (Wildman–Crippen MR) is 76.9 cm³/mol. The van der Waals surface area contributed by atoms with Gasteiger partial charge in [0.15, 0.2) is 0 Å². The average Bonchev–Trinajstić information content (AvgIpc) is 2.43. The van der Waals surface area contributed by atoms with E-state index in [-0.39, 0.29) is 12.6 Å². The van der Waals surface area contributed by atoms with E-state index in [4.69, 9.17) is 9.47 Å². The van der Waals surface area contributed by atoms with Crippen molar-refractivity contribution in [2.24, 2.45) is 0 Å². The molecule has 4 nitrogen and oxygen atoms in total. The van der Waals surface area contributed by atoms with Gasteiger partial charge in [0.2, 0.25) is 0 Å². The van der Waals surface area contributed by atoms with Gasteiger partial charge in [0.25, 0.3) is 0 Å². The first-order chi connectivity index (χ1) is 9.30. The molecule has 0 heterocycles. The third-order valence-electron chi connectivity index (χ3n) is 2.75. The molecule has 0 radical (unpaired) electrons. The molecule has 0 aliphatic rings. The van der Waals surface area contributed by atoms with Crippen LogP contribution in [0.5, 0.6) is 11.5 Å². The Morgan fingerprint density at radius 3 is 2.58 bits per heavy atom. The number of nitrogens with one attached hydrogen (secondary N) is 1. The summed E-state index contributed by atoms with van der Waals surface area (Å²) in [6.07, 6.45) is 1.85. The highest BCUT2D eigenvalue weighted by Gasteiger charge is 2.06. The Morgan fingerprint density at radius 1 is 1.21 bits per heavy atom. The lowest BCUT2D eigenvalue weighted by Gasteiger charge is -2.16. The van der Waals surface area contributed by atoms with E-state index in [1.165, 1.54) is 0 Å². The molecule has 19 heavy (non-hydrogen) atoms. The van der Waals surface area contributed by atoms with Crippen molar-refractivity contribution >= 4 is 0 Å². The molecule has 1 rings (SSSR count). The highest BCUT2D eigenvalue weighted by molar-refractivity contribution is 5.32. The van der Waals surface area contributed by atoms with Crippen LogP contribution in [0.4, 0.5) is 0 Å². The summed E-state index contributed by atoms with van der Waals surface area (Å²) in [4.78, 5) is 0. The standard InChI is InChI=1S/C15H25NO3/c1-3-9-16-13(12-17)8-10-19-15-7-5-6-14(11-15)18-4-2/h5-7,11,13,16-17H,3-4,8-10,12H2,1-2H3. The van der Waals surface area contributed by atoms with Gasteiger partial charge >= 0.3 is 0 Å². The second-order valence-electron chi connectivity index (χ2n) is 4.38. The SMILES string of the molecule is CCCNC(CO)CCOc1cccc(OCC)c1. The lowest BCUT2D eigenvalue weighted by Crippen LogP contribution is -2.34. The minimum Gasteiger partial charge on any atom is -0.494 e. The zero-order valence-corrected chi connectivity index (χ0v) is 11.9. The van der Waals surface area contributed by atoms with Crippen LogP contribution in [-0.4, -0.2) is 37.5 Å². The molecule has 0 aliphatic carbocycles.